The molecule has 0 bridgehead atoms. The Balaban J connectivity index is 2.88. The molecule has 0 unspecified atom stereocenters. The van der Waals surface area contributed by atoms with Gasteiger partial charge in [-0.25, -0.2) is 9.59 Å². The highest BCUT2D eigenvalue weighted by molar-refractivity contribution is 5.82. The largest absolute Gasteiger partial charge is 0.467 e. The van der Waals surface area contributed by atoms with Crippen molar-refractivity contribution in [2.45, 2.75) is 51.3 Å². The third-order valence-corrected chi connectivity index (χ3v) is 2.61. The van der Waals surface area contributed by atoms with Crippen LogP contribution in [0.5, 0.6) is 0 Å². The molecule has 1 heterocycles. The first-order valence-electron chi connectivity index (χ1n) is 5.79. The first-order chi connectivity index (χ1) is 8.30. The summed E-state index contributed by atoms with van der Waals surface area (Å²) in [6.45, 7) is 5.19. The van der Waals surface area contributed by atoms with Crippen LogP contribution in [0.15, 0.2) is 0 Å². The number of methoxy groups -OCH3 is 1. The molecule has 0 aromatic carbocycles. The van der Waals surface area contributed by atoms with Gasteiger partial charge in [0.1, 0.15) is 17.7 Å². The van der Waals surface area contributed by atoms with E-state index >= 15 is 0 Å². The van der Waals surface area contributed by atoms with Crippen LogP contribution in [-0.2, 0) is 14.3 Å². The molecule has 0 aliphatic carbocycles. The van der Waals surface area contributed by atoms with Crippen LogP contribution in [0.4, 0.5) is 4.79 Å². The van der Waals surface area contributed by atoms with Crippen molar-refractivity contribution < 1.29 is 19.1 Å². The van der Waals surface area contributed by atoms with Crippen molar-refractivity contribution in [3.05, 3.63) is 0 Å². The van der Waals surface area contributed by atoms with Crippen molar-refractivity contribution in [2.24, 2.45) is 0 Å². The highest BCUT2D eigenvalue weighted by Crippen LogP contribution is 2.26. The van der Waals surface area contributed by atoms with Gasteiger partial charge in [-0.1, -0.05) is 0 Å². The summed E-state index contributed by atoms with van der Waals surface area (Å²) in [5.74, 6) is -0.515. The number of amides is 1. The van der Waals surface area contributed by atoms with E-state index in [0.717, 1.165) is 0 Å². The number of carbonyl (C=O) groups is 2. The second kappa shape index (κ2) is 5.25. The molecule has 6 heteroatoms. The van der Waals surface area contributed by atoms with Gasteiger partial charge in [-0.2, -0.15) is 5.26 Å². The van der Waals surface area contributed by atoms with Crippen molar-refractivity contribution in [1.29, 1.82) is 5.26 Å². The number of likely N-dealkylation sites (tertiary alicyclic amines) is 1. The van der Waals surface area contributed by atoms with E-state index < -0.39 is 29.7 Å². The zero-order chi connectivity index (χ0) is 13.9. The predicted molar refractivity (Wildman–Crippen MR) is 62.5 cm³/mol. The van der Waals surface area contributed by atoms with E-state index in [1.54, 1.807) is 20.8 Å². The maximum Gasteiger partial charge on any atom is 0.412 e. The van der Waals surface area contributed by atoms with E-state index in [2.05, 4.69) is 4.74 Å². The van der Waals surface area contributed by atoms with Crippen LogP contribution in [0.1, 0.15) is 33.6 Å². The molecule has 6 nitrogen and oxygen atoms in total. The van der Waals surface area contributed by atoms with Gasteiger partial charge in [0.25, 0.3) is 0 Å². The molecule has 18 heavy (non-hydrogen) atoms. The van der Waals surface area contributed by atoms with Crippen LogP contribution in [0.3, 0.4) is 0 Å². The normalized spacial score (nSPS) is 23.4. The summed E-state index contributed by atoms with van der Waals surface area (Å²) < 4.78 is 9.85. The number of hydrogen-bond donors (Lipinski definition) is 0. The molecular formula is C12H18N2O4. The monoisotopic (exact) mass is 254 g/mol. The van der Waals surface area contributed by atoms with E-state index in [1.165, 1.54) is 12.0 Å². The standard InChI is InChI=1S/C12H18N2O4/c1-12(2,3)18-11(16)14-8(7-13)5-6-9(14)10(15)17-4/h8-9H,5-6H2,1-4H3/t8-,9+/m0/s1. The second-order valence-corrected chi connectivity index (χ2v) is 5.15. The highest BCUT2D eigenvalue weighted by atomic mass is 16.6. The molecule has 0 N–H and O–H groups in total. The first kappa shape index (κ1) is 14.3. The van der Waals surface area contributed by atoms with Crippen LogP contribution >= 0.6 is 0 Å². The summed E-state index contributed by atoms with van der Waals surface area (Å²) in [5.41, 5.74) is -0.666. The molecule has 0 aromatic rings. The number of nitriles is 1. The van der Waals surface area contributed by atoms with Gasteiger partial charge in [0.2, 0.25) is 0 Å². The molecule has 1 aliphatic heterocycles. The lowest BCUT2D eigenvalue weighted by Crippen LogP contribution is -2.47. The predicted octanol–water partition coefficient (Wildman–Crippen LogP) is 1.45. The highest BCUT2D eigenvalue weighted by Gasteiger charge is 2.43. The average Bonchev–Trinajstić information content (AvgIpc) is 2.69. The maximum absolute atomic E-state index is 12.0. The molecule has 0 radical (unpaired) electrons. The van der Waals surface area contributed by atoms with E-state index in [0.29, 0.717) is 12.8 Å². The van der Waals surface area contributed by atoms with E-state index in [4.69, 9.17) is 10.00 Å². The lowest BCUT2D eigenvalue weighted by Gasteiger charge is -2.29. The molecule has 1 amide bonds. The van der Waals surface area contributed by atoms with Crippen LogP contribution in [-0.4, -0.2) is 41.8 Å². The fraction of sp³-hybridized carbons (Fsp3) is 0.750. The molecule has 1 rings (SSSR count). The van der Waals surface area contributed by atoms with E-state index in [-0.39, 0.29) is 0 Å². The Morgan fingerprint density at radius 1 is 1.33 bits per heavy atom. The van der Waals surface area contributed by atoms with Gasteiger partial charge in [-0.15, -0.1) is 0 Å². The Hall–Kier alpha value is -1.77. The van der Waals surface area contributed by atoms with Crippen molar-refractivity contribution in [3.8, 4) is 6.07 Å². The van der Waals surface area contributed by atoms with Crippen LogP contribution in [0, 0.1) is 11.3 Å². The number of hydrogen-bond acceptors (Lipinski definition) is 5. The maximum atomic E-state index is 12.0. The minimum Gasteiger partial charge on any atom is -0.467 e. The second-order valence-electron chi connectivity index (χ2n) is 5.15. The topological polar surface area (TPSA) is 79.6 Å². The Morgan fingerprint density at radius 2 is 1.94 bits per heavy atom. The number of nitrogens with zero attached hydrogens (tertiary/aromatic N) is 2. The van der Waals surface area contributed by atoms with Gasteiger partial charge in [0, 0.05) is 0 Å². The summed E-state index contributed by atoms with van der Waals surface area (Å²) in [7, 11) is 1.26. The Labute approximate surface area is 106 Å². The molecule has 0 saturated carbocycles. The van der Waals surface area contributed by atoms with Gasteiger partial charge in [0.15, 0.2) is 0 Å². The zero-order valence-corrected chi connectivity index (χ0v) is 11.1. The molecule has 100 valence electrons. The molecule has 1 saturated heterocycles. The molecule has 0 spiro atoms. The Bertz CT molecular complexity index is 381. The zero-order valence-electron chi connectivity index (χ0n) is 11.1. The smallest absolute Gasteiger partial charge is 0.412 e. The third-order valence-electron chi connectivity index (χ3n) is 2.61. The minimum atomic E-state index is -0.727. The summed E-state index contributed by atoms with van der Waals surface area (Å²) in [4.78, 5) is 24.8. The average molecular weight is 254 g/mol. The summed E-state index contributed by atoms with van der Waals surface area (Å²) >= 11 is 0. The van der Waals surface area contributed by atoms with E-state index in [1.807, 2.05) is 6.07 Å². The lowest BCUT2D eigenvalue weighted by molar-refractivity contribution is -0.145. The first-order valence-corrected chi connectivity index (χ1v) is 5.79. The Morgan fingerprint density at radius 3 is 2.39 bits per heavy atom. The molecular weight excluding hydrogens is 236 g/mol. The number of ether oxygens (including phenoxy) is 2. The van der Waals surface area contributed by atoms with E-state index in [9.17, 15) is 9.59 Å². The molecule has 1 fully saturated rings. The van der Waals surface area contributed by atoms with Gasteiger partial charge < -0.3 is 9.47 Å². The van der Waals surface area contributed by atoms with Crippen LogP contribution < -0.4 is 0 Å². The summed E-state index contributed by atoms with van der Waals surface area (Å²) in [6, 6.07) is 0.644. The summed E-state index contributed by atoms with van der Waals surface area (Å²) in [6.07, 6.45) is 0.224. The number of rotatable bonds is 1. The summed E-state index contributed by atoms with van der Waals surface area (Å²) in [5, 5.41) is 9.00. The SMILES string of the molecule is COC(=O)[C@H]1CC[C@@H](C#N)N1C(=O)OC(C)(C)C. The van der Waals surface area contributed by atoms with Crippen molar-refractivity contribution in [3.63, 3.8) is 0 Å². The van der Waals surface area contributed by atoms with Crippen LogP contribution in [0.2, 0.25) is 0 Å². The fourth-order valence-corrected chi connectivity index (χ4v) is 1.87. The lowest BCUT2D eigenvalue weighted by atomic mass is 10.2. The molecule has 1 aliphatic rings. The van der Waals surface area contributed by atoms with Crippen molar-refractivity contribution in [2.75, 3.05) is 7.11 Å². The van der Waals surface area contributed by atoms with Crippen LogP contribution in [0.25, 0.3) is 0 Å². The van der Waals surface area contributed by atoms with Crippen molar-refractivity contribution >= 4 is 12.1 Å². The van der Waals surface area contributed by atoms with Crippen molar-refractivity contribution in [1.82, 2.24) is 4.90 Å². The number of esters is 1. The minimum absolute atomic E-state index is 0.421. The molecule has 0 aromatic heterocycles. The Kier molecular flexibility index (Phi) is 4.17. The van der Waals surface area contributed by atoms with Gasteiger partial charge in [0.05, 0.1) is 13.2 Å². The van der Waals surface area contributed by atoms with Gasteiger partial charge in [-0.05, 0) is 33.6 Å². The quantitative estimate of drug-likeness (QED) is 0.662. The fourth-order valence-electron chi connectivity index (χ4n) is 1.87. The molecule has 2 atom stereocenters. The number of carbonyl (C=O) groups excluding carboxylic acids is 2. The van der Waals surface area contributed by atoms with Gasteiger partial charge >= 0.3 is 12.1 Å². The third kappa shape index (κ3) is 3.13. The van der Waals surface area contributed by atoms with Gasteiger partial charge in [-0.3, -0.25) is 4.90 Å².